The molecule has 0 unspecified atom stereocenters. The van der Waals surface area contributed by atoms with Crippen molar-refractivity contribution in [3.05, 3.63) is 35.4 Å². The number of anilines is 1. The van der Waals surface area contributed by atoms with E-state index in [2.05, 4.69) is 53.6 Å². The Morgan fingerprint density at radius 3 is 2.65 bits per heavy atom. The van der Waals surface area contributed by atoms with Gasteiger partial charge in [0.2, 0.25) is 5.13 Å². The predicted octanol–water partition coefficient (Wildman–Crippen LogP) is 4.53. The van der Waals surface area contributed by atoms with E-state index < -0.39 is 0 Å². The first kappa shape index (κ1) is 13.9. The van der Waals surface area contributed by atoms with Crippen LogP contribution in [-0.4, -0.2) is 16.2 Å². The zero-order valence-corrected chi connectivity index (χ0v) is 13.4. The number of hydrogen-bond acceptors (Lipinski definition) is 5. The van der Waals surface area contributed by atoms with Gasteiger partial charge in [0.05, 0.1) is 0 Å². The summed E-state index contributed by atoms with van der Waals surface area (Å²) in [6.45, 7) is 4.44. The quantitative estimate of drug-likeness (QED) is 0.796. The van der Waals surface area contributed by atoms with Gasteiger partial charge >= 0.3 is 0 Å². The first-order valence-electron chi connectivity index (χ1n) is 7.02. The van der Waals surface area contributed by atoms with Crippen molar-refractivity contribution in [2.75, 3.05) is 5.32 Å². The molecule has 106 valence electrons. The number of nitrogens with zero attached hydrogens (tertiary/aromatic N) is 2. The maximum atomic E-state index is 4.23. The van der Waals surface area contributed by atoms with Crippen LogP contribution in [0.15, 0.2) is 28.6 Å². The molecular formula is C15H19N3S2. The first-order valence-corrected chi connectivity index (χ1v) is 8.82. The molecule has 3 rings (SSSR count). The SMILES string of the molecule is CC(C)c1ccc(CSc2nnc(NC3CC3)s2)cc1. The molecule has 0 saturated heterocycles. The monoisotopic (exact) mass is 305 g/mol. The smallest absolute Gasteiger partial charge is 0.206 e. The lowest BCUT2D eigenvalue weighted by atomic mass is 10.0. The van der Waals surface area contributed by atoms with Crippen LogP contribution in [0.3, 0.4) is 0 Å². The van der Waals surface area contributed by atoms with E-state index in [0.29, 0.717) is 12.0 Å². The topological polar surface area (TPSA) is 37.8 Å². The van der Waals surface area contributed by atoms with Crippen LogP contribution in [-0.2, 0) is 5.75 Å². The predicted molar refractivity (Wildman–Crippen MR) is 86.6 cm³/mol. The molecule has 1 aliphatic carbocycles. The summed E-state index contributed by atoms with van der Waals surface area (Å²) in [6, 6.07) is 9.52. The van der Waals surface area contributed by atoms with Crippen LogP contribution in [0.1, 0.15) is 43.7 Å². The molecule has 1 heterocycles. The number of nitrogens with one attached hydrogen (secondary N) is 1. The van der Waals surface area contributed by atoms with Gasteiger partial charge in [-0.15, -0.1) is 10.2 Å². The van der Waals surface area contributed by atoms with Gasteiger partial charge in [-0.05, 0) is 29.9 Å². The molecule has 2 aromatic rings. The summed E-state index contributed by atoms with van der Waals surface area (Å²) in [5.74, 6) is 1.55. The van der Waals surface area contributed by atoms with Crippen molar-refractivity contribution in [3.63, 3.8) is 0 Å². The van der Waals surface area contributed by atoms with Gasteiger partial charge in [0.25, 0.3) is 0 Å². The Bertz CT molecular complexity index is 559. The fourth-order valence-corrected chi connectivity index (χ4v) is 3.66. The summed E-state index contributed by atoms with van der Waals surface area (Å²) in [6.07, 6.45) is 2.54. The third-order valence-corrected chi connectivity index (χ3v) is 5.38. The standard InChI is InChI=1S/C15H19N3S2/c1-10(2)12-5-3-11(4-6-12)9-19-15-18-17-14(20-15)16-13-7-8-13/h3-6,10,13H,7-9H2,1-2H3,(H,16,17). The molecule has 3 nitrogen and oxygen atoms in total. The normalized spacial score (nSPS) is 14.8. The summed E-state index contributed by atoms with van der Waals surface area (Å²) < 4.78 is 1.04. The van der Waals surface area contributed by atoms with E-state index in [0.717, 1.165) is 15.2 Å². The lowest BCUT2D eigenvalue weighted by Crippen LogP contribution is -1.99. The highest BCUT2D eigenvalue weighted by molar-refractivity contribution is 8.00. The van der Waals surface area contributed by atoms with Crippen LogP contribution in [0.4, 0.5) is 5.13 Å². The zero-order valence-electron chi connectivity index (χ0n) is 11.8. The molecular weight excluding hydrogens is 286 g/mol. The number of aromatic nitrogens is 2. The number of hydrogen-bond donors (Lipinski definition) is 1. The van der Waals surface area contributed by atoms with Crippen molar-refractivity contribution >= 4 is 28.2 Å². The largest absolute Gasteiger partial charge is 0.357 e. The molecule has 0 spiro atoms. The van der Waals surface area contributed by atoms with Crippen LogP contribution in [0.2, 0.25) is 0 Å². The van der Waals surface area contributed by atoms with E-state index in [9.17, 15) is 0 Å². The first-order chi connectivity index (χ1) is 9.70. The van der Waals surface area contributed by atoms with Gasteiger partial charge in [-0.25, -0.2) is 0 Å². The minimum atomic E-state index is 0.593. The molecule has 0 amide bonds. The van der Waals surface area contributed by atoms with Gasteiger partial charge in [-0.1, -0.05) is 61.2 Å². The van der Waals surface area contributed by atoms with E-state index in [1.165, 1.54) is 24.0 Å². The molecule has 0 bridgehead atoms. The average molecular weight is 305 g/mol. The summed E-state index contributed by atoms with van der Waals surface area (Å²) in [4.78, 5) is 0. The van der Waals surface area contributed by atoms with Gasteiger partial charge in [0.1, 0.15) is 0 Å². The lowest BCUT2D eigenvalue weighted by molar-refractivity contribution is 0.866. The van der Waals surface area contributed by atoms with E-state index in [-0.39, 0.29) is 0 Å². The van der Waals surface area contributed by atoms with Crippen molar-refractivity contribution in [3.8, 4) is 0 Å². The van der Waals surface area contributed by atoms with Crippen molar-refractivity contribution in [2.45, 2.75) is 48.7 Å². The van der Waals surface area contributed by atoms with E-state index in [1.807, 2.05) is 0 Å². The molecule has 1 fully saturated rings. The third-order valence-electron chi connectivity index (χ3n) is 3.32. The minimum absolute atomic E-state index is 0.593. The Labute approximate surface area is 128 Å². The molecule has 1 saturated carbocycles. The summed E-state index contributed by atoms with van der Waals surface area (Å²) in [5, 5.41) is 12.8. The number of benzene rings is 1. The van der Waals surface area contributed by atoms with Gasteiger partial charge in [-0.2, -0.15) is 0 Å². The minimum Gasteiger partial charge on any atom is -0.357 e. The number of thioether (sulfide) groups is 1. The van der Waals surface area contributed by atoms with E-state index in [4.69, 9.17) is 0 Å². The second-order valence-electron chi connectivity index (χ2n) is 5.48. The van der Waals surface area contributed by atoms with Gasteiger partial charge < -0.3 is 5.32 Å². The number of rotatable bonds is 6. The molecule has 0 atom stereocenters. The Morgan fingerprint density at radius 1 is 1.25 bits per heavy atom. The van der Waals surface area contributed by atoms with Gasteiger partial charge in [-0.3, -0.25) is 0 Å². The molecule has 0 radical (unpaired) electrons. The van der Waals surface area contributed by atoms with Crippen LogP contribution < -0.4 is 5.32 Å². The highest BCUT2D eigenvalue weighted by atomic mass is 32.2. The highest BCUT2D eigenvalue weighted by Crippen LogP contribution is 2.31. The molecule has 1 aromatic carbocycles. The molecule has 5 heteroatoms. The van der Waals surface area contributed by atoms with E-state index >= 15 is 0 Å². The maximum Gasteiger partial charge on any atom is 0.206 e. The average Bonchev–Trinajstić information content (AvgIpc) is 3.14. The van der Waals surface area contributed by atoms with Crippen molar-refractivity contribution < 1.29 is 0 Å². The molecule has 1 aliphatic rings. The summed E-state index contributed by atoms with van der Waals surface area (Å²) >= 11 is 3.42. The summed E-state index contributed by atoms with van der Waals surface area (Å²) in [5.41, 5.74) is 2.73. The molecule has 1 N–H and O–H groups in total. The Hall–Kier alpha value is -1.07. The fraction of sp³-hybridized carbons (Fsp3) is 0.467. The second-order valence-corrected chi connectivity index (χ2v) is 7.68. The van der Waals surface area contributed by atoms with Crippen LogP contribution >= 0.6 is 23.1 Å². The Morgan fingerprint density at radius 2 is 2.00 bits per heavy atom. The van der Waals surface area contributed by atoms with Crippen LogP contribution in [0, 0.1) is 0 Å². The van der Waals surface area contributed by atoms with Crippen LogP contribution in [0.5, 0.6) is 0 Å². The highest BCUT2D eigenvalue weighted by Gasteiger charge is 2.22. The molecule has 20 heavy (non-hydrogen) atoms. The van der Waals surface area contributed by atoms with E-state index in [1.54, 1.807) is 23.1 Å². The zero-order chi connectivity index (χ0) is 13.9. The van der Waals surface area contributed by atoms with Gasteiger partial charge in [0.15, 0.2) is 4.34 Å². The van der Waals surface area contributed by atoms with Crippen LogP contribution in [0.25, 0.3) is 0 Å². The Balaban J connectivity index is 1.54. The summed E-state index contributed by atoms with van der Waals surface area (Å²) in [7, 11) is 0. The molecule has 0 aliphatic heterocycles. The maximum absolute atomic E-state index is 4.23. The Kier molecular flexibility index (Phi) is 4.27. The van der Waals surface area contributed by atoms with Crippen molar-refractivity contribution in [1.82, 2.24) is 10.2 Å². The van der Waals surface area contributed by atoms with Gasteiger partial charge in [0, 0.05) is 11.8 Å². The van der Waals surface area contributed by atoms with Crippen molar-refractivity contribution in [1.29, 1.82) is 0 Å². The lowest BCUT2D eigenvalue weighted by Gasteiger charge is -2.05. The second kappa shape index (κ2) is 6.14. The fourth-order valence-electron chi connectivity index (χ4n) is 1.87. The molecule has 1 aromatic heterocycles. The van der Waals surface area contributed by atoms with Crippen molar-refractivity contribution in [2.24, 2.45) is 0 Å². The third kappa shape index (κ3) is 3.73.